The second-order valence-corrected chi connectivity index (χ2v) is 3.53. The van der Waals surface area contributed by atoms with Gasteiger partial charge in [-0.2, -0.15) is 0 Å². The summed E-state index contributed by atoms with van der Waals surface area (Å²) < 4.78 is 0. The second kappa shape index (κ2) is 6.99. The number of carboxylic acids is 1. The summed E-state index contributed by atoms with van der Waals surface area (Å²) in [4.78, 5) is 21.1. The van der Waals surface area contributed by atoms with Crippen LogP contribution in [0, 0.1) is 0 Å². The summed E-state index contributed by atoms with van der Waals surface area (Å²) >= 11 is 6.15. The van der Waals surface area contributed by atoms with Crippen LogP contribution in [0.3, 0.4) is 0 Å². The number of carbonyl (C=O) groups excluding carboxylic acids is 1. The summed E-state index contributed by atoms with van der Waals surface area (Å²) in [5.74, 6) is -0.724. The van der Waals surface area contributed by atoms with Gasteiger partial charge in [-0.15, -0.1) is 11.6 Å². The van der Waals surface area contributed by atoms with E-state index in [0.29, 0.717) is 12.4 Å². The predicted octanol–water partition coefficient (Wildman–Crippen LogP) is 0.0799. The Bertz CT molecular complexity index is 191. The van der Waals surface area contributed by atoms with Gasteiger partial charge in [-0.25, -0.2) is 0 Å². The van der Waals surface area contributed by atoms with Crippen molar-refractivity contribution in [2.75, 3.05) is 18.2 Å². The van der Waals surface area contributed by atoms with Gasteiger partial charge in [0.25, 0.3) is 5.24 Å². The van der Waals surface area contributed by atoms with E-state index < -0.39 is 12.0 Å². The Kier molecular flexibility index (Phi) is 6.75. The van der Waals surface area contributed by atoms with Crippen molar-refractivity contribution in [3.05, 3.63) is 0 Å². The van der Waals surface area contributed by atoms with E-state index in [2.05, 4.69) is 5.32 Å². The highest BCUT2D eigenvalue weighted by atomic mass is 35.5. The topological polar surface area (TPSA) is 92.4 Å². The minimum absolute atomic E-state index is 0.0590. The fourth-order valence-corrected chi connectivity index (χ4v) is 1.21. The number of hydrogen-bond acceptors (Lipinski definition) is 4. The molecule has 0 spiro atoms. The van der Waals surface area contributed by atoms with E-state index >= 15 is 0 Å². The molecular formula is C6H11ClN2O3S. The van der Waals surface area contributed by atoms with Crippen LogP contribution >= 0.6 is 23.4 Å². The highest BCUT2D eigenvalue weighted by Crippen LogP contribution is 2.02. The normalized spacial score (nSPS) is 12.2. The zero-order chi connectivity index (χ0) is 10.3. The molecule has 1 amide bonds. The van der Waals surface area contributed by atoms with Crippen molar-refractivity contribution in [2.45, 2.75) is 6.04 Å². The fraction of sp³-hybridized carbons (Fsp3) is 0.667. The van der Waals surface area contributed by atoms with E-state index in [0.717, 1.165) is 11.8 Å². The highest BCUT2D eigenvalue weighted by Gasteiger charge is 2.13. The lowest BCUT2D eigenvalue weighted by atomic mass is 10.4. The average molecular weight is 227 g/mol. The van der Waals surface area contributed by atoms with Crippen LogP contribution in [0.2, 0.25) is 0 Å². The number of thioether (sulfide) groups is 1. The zero-order valence-corrected chi connectivity index (χ0v) is 8.40. The molecule has 0 aromatic heterocycles. The van der Waals surface area contributed by atoms with Crippen molar-refractivity contribution in [1.29, 1.82) is 0 Å². The molecule has 0 aliphatic rings. The van der Waals surface area contributed by atoms with Crippen LogP contribution in [0.25, 0.3) is 0 Å². The molecule has 1 unspecified atom stereocenters. The molecule has 13 heavy (non-hydrogen) atoms. The molecule has 0 aromatic carbocycles. The number of carboxylic acid groups (broad SMARTS) is 1. The van der Waals surface area contributed by atoms with E-state index in [-0.39, 0.29) is 11.0 Å². The lowest BCUT2D eigenvalue weighted by Crippen LogP contribution is -2.34. The maximum atomic E-state index is 10.9. The first-order valence-corrected chi connectivity index (χ1v) is 5.05. The van der Waals surface area contributed by atoms with Gasteiger partial charge in [0, 0.05) is 18.2 Å². The third-order valence-corrected chi connectivity index (χ3v) is 2.20. The first-order chi connectivity index (χ1) is 6.07. The molecule has 0 heterocycles. The summed E-state index contributed by atoms with van der Waals surface area (Å²) in [5, 5.41) is 10.5. The fourth-order valence-electron chi connectivity index (χ4n) is 0.437. The molecule has 0 aromatic rings. The Morgan fingerprint density at radius 2 is 2.23 bits per heavy atom. The Balaban J connectivity index is 3.52. The molecule has 0 fully saturated rings. The monoisotopic (exact) mass is 226 g/mol. The van der Waals surface area contributed by atoms with Crippen molar-refractivity contribution in [2.24, 2.45) is 5.73 Å². The molecule has 5 nitrogen and oxygen atoms in total. The van der Waals surface area contributed by atoms with Gasteiger partial charge in [0.15, 0.2) is 0 Å². The number of nitrogens with two attached hydrogens (primary N) is 1. The first kappa shape index (κ1) is 12.5. The number of hydrogen-bond donors (Lipinski definition) is 3. The first-order valence-electron chi connectivity index (χ1n) is 3.53. The lowest BCUT2D eigenvalue weighted by molar-refractivity contribution is -0.137. The zero-order valence-electron chi connectivity index (χ0n) is 6.83. The molecule has 4 N–H and O–H groups in total. The van der Waals surface area contributed by atoms with Crippen molar-refractivity contribution < 1.29 is 14.7 Å². The molecule has 0 radical (unpaired) electrons. The number of halogens is 1. The van der Waals surface area contributed by atoms with Crippen LogP contribution in [-0.4, -0.2) is 40.5 Å². The van der Waals surface area contributed by atoms with E-state index in [9.17, 15) is 9.59 Å². The van der Waals surface area contributed by atoms with E-state index in [1.54, 1.807) is 0 Å². The summed E-state index contributed by atoms with van der Waals surface area (Å²) in [6, 6.07) is -1.01. The van der Waals surface area contributed by atoms with Gasteiger partial charge in [-0.3, -0.25) is 9.59 Å². The van der Waals surface area contributed by atoms with Crippen LogP contribution in [0.4, 0.5) is 4.79 Å². The smallest absolute Gasteiger partial charge is 0.321 e. The van der Waals surface area contributed by atoms with Crippen LogP contribution in [0.1, 0.15) is 0 Å². The van der Waals surface area contributed by atoms with E-state index in [1.165, 1.54) is 0 Å². The summed E-state index contributed by atoms with van der Waals surface area (Å²) in [7, 11) is 0. The van der Waals surface area contributed by atoms with Crippen LogP contribution < -0.4 is 11.1 Å². The second-order valence-electron chi connectivity index (χ2n) is 2.16. The van der Waals surface area contributed by atoms with Crippen LogP contribution in [0.15, 0.2) is 0 Å². The van der Waals surface area contributed by atoms with Gasteiger partial charge in [-0.05, 0) is 0 Å². The van der Waals surface area contributed by atoms with Gasteiger partial charge < -0.3 is 16.2 Å². The van der Waals surface area contributed by atoms with Crippen LogP contribution in [0.5, 0.6) is 0 Å². The van der Waals surface area contributed by atoms with Gasteiger partial charge in [0.2, 0.25) is 0 Å². The van der Waals surface area contributed by atoms with Crippen LogP contribution in [-0.2, 0) is 4.79 Å². The molecule has 0 bridgehead atoms. The molecular weight excluding hydrogens is 216 g/mol. The molecule has 76 valence electrons. The molecule has 7 heteroatoms. The summed E-state index contributed by atoms with van der Waals surface area (Å²) in [6.45, 7) is 0.371. The number of carbonyl (C=O) groups is 2. The Labute approximate surface area is 85.0 Å². The van der Waals surface area contributed by atoms with E-state index in [1.807, 2.05) is 0 Å². The predicted molar refractivity (Wildman–Crippen MR) is 52.2 cm³/mol. The van der Waals surface area contributed by atoms with Gasteiger partial charge in [0.05, 0.1) is 0 Å². The summed E-state index contributed by atoms with van der Waals surface area (Å²) in [6.07, 6.45) is 0. The number of rotatable bonds is 5. The third kappa shape index (κ3) is 6.68. The number of amides is 1. The number of nitrogens with one attached hydrogen (secondary N) is 1. The van der Waals surface area contributed by atoms with Gasteiger partial charge in [0.1, 0.15) is 6.04 Å². The SMILES string of the molecule is NC(CSC(=O)NCCCl)C(=O)O. The van der Waals surface area contributed by atoms with Crippen molar-refractivity contribution in [1.82, 2.24) is 5.32 Å². The Hall–Kier alpha value is -0.460. The molecule has 1 atom stereocenters. The molecule has 0 aliphatic heterocycles. The molecule has 0 rings (SSSR count). The highest BCUT2D eigenvalue weighted by molar-refractivity contribution is 8.13. The van der Waals surface area contributed by atoms with Crippen molar-refractivity contribution in [3.63, 3.8) is 0 Å². The average Bonchev–Trinajstić information content (AvgIpc) is 2.10. The molecule has 0 saturated carbocycles. The minimum Gasteiger partial charge on any atom is -0.480 e. The van der Waals surface area contributed by atoms with Crippen molar-refractivity contribution in [3.8, 4) is 0 Å². The maximum Gasteiger partial charge on any atom is 0.321 e. The minimum atomic E-state index is -1.11. The maximum absolute atomic E-state index is 10.9. The molecule has 0 saturated heterocycles. The summed E-state index contributed by atoms with van der Waals surface area (Å²) in [5.41, 5.74) is 5.17. The van der Waals surface area contributed by atoms with Crippen molar-refractivity contribution >= 4 is 34.6 Å². The molecule has 0 aliphatic carbocycles. The lowest BCUT2D eigenvalue weighted by Gasteiger charge is -2.05. The Morgan fingerprint density at radius 1 is 1.62 bits per heavy atom. The standard InChI is InChI=1S/C6H11ClN2O3S/c7-1-2-9-6(12)13-3-4(8)5(10)11/h4H,1-3,8H2,(H,9,12)(H,10,11). The number of alkyl halides is 1. The van der Waals surface area contributed by atoms with Gasteiger partial charge in [-0.1, -0.05) is 11.8 Å². The van der Waals surface area contributed by atoms with E-state index in [4.69, 9.17) is 22.4 Å². The number of aliphatic carboxylic acids is 1. The van der Waals surface area contributed by atoms with Gasteiger partial charge >= 0.3 is 5.97 Å². The third-order valence-electron chi connectivity index (χ3n) is 1.08. The quantitative estimate of drug-likeness (QED) is 0.578. The Morgan fingerprint density at radius 3 is 2.69 bits per heavy atom. The largest absolute Gasteiger partial charge is 0.480 e.